The van der Waals surface area contributed by atoms with Gasteiger partial charge in [0.15, 0.2) is 0 Å². The molecule has 0 N–H and O–H groups in total. The summed E-state index contributed by atoms with van der Waals surface area (Å²) in [5.41, 5.74) is 12.3. The molecule has 0 unspecified atom stereocenters. The van der Waals surface area contributed by atoms with Crippen molar-refractivity contribution in [1.29, 1.82) is 0 Å². The first kappa shape index (κ1) is 51.6. The molecule has 394 valence electrons. The second kappa shape index (κ2) is 21.7. The molecule has 1 saturated carbocycles. The van der Waals surface area contributed by atoms with Crippen molar-refractivity contribution in [3.8, 4) is 44.8 Å². The molecule has 10 aromatic rings. The van der Waals surface area contributed by atoms with Gasteiger partial charge in [-0.3, -0.25) is 47.6 Å². The minimum absolute atomic E-state index is 0. The molecule has 18 heteroatoms. The molecule has 8 aromatic heterocycles. The number of amides is 1. The van der Waals surface area contributed by atoms with Gasteiger partial charge in [0, 0.05) is 107 Å². The summed E-state index contributed by atoms with van der Waals surface area (Å²) in [7, 11) is 7.40. The topological polar surface area (TPSA) is 171 Å². The lowest BCUT2D eigenvalue weighted by molar-refractivity contribution is 0.0173. The van der Waals surface area contributed by atoms with Crippen molar-refractivity contribution in [2.75, 3.05) is 13.1 Å². The third-order valence-electron chi connectivity index (χ3n) is 14.4. The van der Waals surface area contributed by atoms with E-state index in [1.807, 2.05) is 125 Å². The molecule has 9 heterocycles. The number of rotatable bonds is 6. The Morgan fingerprint density at radius 1 is 0.592 bits per heavy atom. The number of aromatic nitrogens is 12. The molecule has 2 aromatic carbocycles. The summed E-state index contributed by atoms with van der Waals surface area (Å²) in [5, 5.41) is 10.4. The Hall–Kier alpha value is -7.92. The number of ether oxygens (including phenoxy) is 1. The summed E-state index contributed by atoms with van der Waals surface area (Å²) in [6, 6.07) is 20.6. The van der Waals surface area contributed by atoms with Gasteiger partial charge in [0.1, 0.15) is 5.60 Å². The standard InChI is InChI=1S/C30H33N7O3.C26H26N6O.C2H6.ClH/c1-30(2,3)40-29(39)36-12-6-7-22(18-36)37-27-23-13-19(8-11-25(23)32-16-26(27)35(5)28(37)38)20-9-10-24(31-14-20)21-15-33-34(4)17-21;1-30-16-19(14-29-30)22-10-9-18(13-27-22)17-8-11-23-21(12-17)25-24(15-28-23)31(2)26(33)32(25)20-6-4-3-5-7-20;1-2;/h8-11,13-17,22H,6-7,12,18H2,1-5H3;8-16,20H,3-7H2,1-2H3;1-2H3;1H/t22-;;;/m1.../s1/i;;1D;. The van der Waals surface area contributed by atoms with Crippen LogP contribution >= 0.6 is 12.4 Å². The van der Waals surface area contributed by atoms with Crippen molar-refractivity contribution in [2.45, 2.75) is 97.2 Å². The molecule has 1 saturated heterocycles. The van der Waals surface area contributed by atoms with Crippen LogP contribution in [-0.4, -0.2) is 87.4 Å². The number of carbonyl (C=O) groups is 1. The number of hydrogen-bond acceptors (Lipinski definition) is 10. The number of likely N-dealkylation sites (tertiary alicyclic amines) is 1. The van der Waals surface area contributed by atoms with Crippen molar-refractivity contribution >= 4 is 62.4 Å². The Morgan fingerprint density at radius 3 is 1.49 bits per heavy atom. The van der Waals surface area contributed by atoms with Gasteiger partial charge < -0.3 is 9.64 Å². The van der Waals surface area contributed by atoms with Crippen LogP contribution < -0.4 is 11.4 Å². The SMILES string of the molecule is Cl.Cn1cc(-c2ccc(-c3ccc4ncc5c(c4c3)n(C3CCCCC3)c(=O)n5C)cn2)cn1.Cn1cc(-c2ccc(-c3ccc4ncc5c(c4c3)n([C@@H]3CCCN(C(=O)OC(C)(C)C)C3)c(=O)n5C)cn2)cn1.[2H]CC. The summed E-state index contributed by atoms with van der Waals surface area (Å²) in [5.74, 6) is 0. The van der Waals surface area contributed by atoms with Gasteiger partial charge in [-0.25, -0.2) is 14.4 Å². The lowest BCUT2D eigenvalue weighted by atomic mass is 9.95. The third-order valence-corrected chi connectivity index (χ3v) is 14.4. The number of piperidine rings is 1. The van der Waals surface area contributed by atoms with Gasteiger partial charge in [-0.1, -0.05) is 57.4 Å². The molecule has 0 spiro atoms. The highest BCUT2D eigenvalue weighted by Gasteiger charge is 2.31. The molecule has 76 heavy (non-hydrogen) atoms. The zero-order valence-electron chi connectivity index (χ0n) is 45.5. The van der Waals surface area contributed by atoms with E-state index in [9.17, 15) is 14.4 Å². The third kappa shape index (κ3) is 10.3. The van der Waals surface area contributed by atoms with E-state index in [2.05, 4.69) is 54.4 Å². The summed E-state index contributed by atoms with van der Waals surface area (Å²) >= 11 is 0. The van der Waals surface area contributed by atoms with Crippen molar-refractivity contribution in [3.63, 3.8) is 0 Å². The number of aryl methyl sites for hydroxylation is 4. The molecule has 1 atom stereocenters. The average Bonchev–Trinajstić information content (AvgIpc) is 4.25. The van der Waals surface area contributed by atoms with Gasteiger partial charge >= 0.3 is 17.5 Å². The van der Waals surface area contributed by atoms with Crippen molar-refractivity contribution < 1.29 is 10.9 Å². The maximum Gasteiger partial charge on any atom is 0.410 e. The Morgan fingerprint density at radius 2 is 1.05 bits per heavy atom. The normalized spacial score (nSPS) is 15.2. The predicted molar refractivity (Wildman–Crippen MR) is 303 cm³/mol. The van der Waals surface area contributed by atoms with E-state index < -0.39 is 5.60 Å². The molecule has 1 amide bonds. The van der Waals surface area contributed by atoms with Gasteiger partial charge in [0.25, 0.3) is 0 Å². The van der Waals surface area contributed by atoms with E-state index in [1.54, 1.807) is 49.8 Å². The van der Waals surface area contributed by atoms with Gasteiger partial charge in [-0.15, -0.1) is 12.4 Å². The lowest BCUT2D eigenvalue weighted by Crippen LogP contribution is -2.45. The predicted octanol–water partition coefficient (Wildman–Crippen LogP) is 11.2. The summed E-state index contributed by atoms with van der Waals surface area (Å²) in [6.07, 6.45) is 21.8. The van der Waals surface area contributed by atoms with Crippen LogP contribution in [-0.2, 0) is 32.9 Å². The Labute approximate surface area is 448 Å². The van der Waals surface area contributed by atoms with Crippen LogP contribution in [0, 0.1) is 0 Å². The van der Waals surface area contributed by atoms with E-state index >= 15 is 0 Å². The molecule has 1 aliphatic heterocycles. The Balaban J connectivity index is 0.000000179. The maximum atomic E-state index is 13.6. The van der Waals surface area contributed by atoms with E-state index in [-0.39, 0.29) is 42.0 Å². The van der Waals surface area contributed by atoms with Crippen LogP contribution in [0.3, 0.4) is 0 Å². The molecule has 1 aliphatic carbocycles. The Kier molecular flexibility index (Phi) is 14.7. The zero-order chi connectivity index (χ0) is 53.4. The number of fused-ring (bicyclic) bond motifs is 6. The first-order valence-corrected chi connectivity index (χ1v) is 25.8. The smallest absolute Gasteiger partial charge is 0.410 e. The second-order valence-electron chi connectivity index (χ2n) is 20.6. The quantitative estimate of drug-likeness (QED) is 0.156. The van der Waals surface area contributed by atoms with Crippen LogP contribution in [0.2, 0.25) is 0 Å². The fourth-order valence-electron chi connectivity index (χ4n) is 10.7. The molecule has 0 radical (unpaired) electrons. The highest BCUT2D eigenvalue weighted by atomic mass is 35.5. The monoisotopic (exact) mass is 1040 g/mol. The fourth-order valence-corrected chi connectivity index (χ4v) is 10.7. The first-order chi connectivity index (χ1) is 36.6. The molecule has 2 fully saturated rings. The van der Waals surface area contributed by atoms with Crippen LogP contribution in [0.1, 0.15) is 93.0 Å². The average molecular weight is 1050 g/mol. The van der Waals surface area contributed by atoms with Gasteiger partial charge in [-0.2, -0.15) is 10.2 Å². The summed E-state index contributed by atoms with van der Waals surface area (Å²) in [4.78, 5) is 60.1. The van der Waals surface area contributed by atoms with E-state index in [0.29, 0.717) is 20.0 Å². The van der Waals surface area contributed by atoms with E-state index in [4.69, 9.17) is 6.11 Å². The van der Waals surface area contributed by atoms with Crippen LogP contribution in [0.15, 0.2) is 120 Å². The number of benzene rings is 2. The fraction of sp³-hybridized carbons (Fsp3) is 0.362. The van der Waals surface area contributed by atoms with Gasteiger partial charge in [0.2, 0.25) is 0 Å². The molecule has 17 nitrogen and oxygen atoms in total. The minimum Gasteiger partial charge on any atom is -0.444 e. The zero-order valence-corrected chi connectivity index (χ0v) is 45.3. The second-order valence-corrected chi connectivity index (χ2v) is 20.6. The number of halogens is 1. The van der Waals surface area contributed by atoms with Crippen molar-refractivity contribution in [2.24, 2.45) is 28.2 Å². The highest BCUT2D eigenvalue weighted by Crippen LogP contribution is 2.36. The summed E-state index contributed by atoms with van der Waals surface area (Å²) in [6.45, 7) is 8.90. The summed E-state index contributed by atoms with van der Waals surface area (Å²) < 4.78 is 22.6. The van der Waals surface area contributed by atoms with Crippen LogP contribution in [0.4, 0.5) is 4.79 Å². The lowest BCUT2D eigenvalue weighted by Gasteiger charge is -2.34. The largest absolute Gasteiger partial charge is 0.444 e. The molecule has 12 rings (SSSR count). The maximum absolute atomic E-state index is 13.6. The minimum atomic E-state index is -0.580. The van der Waals surface area contributed by atoms with Crippen molar-refractivity contribution in [3.05, 3.63) is 131 Å². The number of nitrogens with zero attached hydrogens (tertiary/aromatic N) is 13. The number of carbonyl (C=O) groups excluding carboxylic acids is 1. The Bertz CT molecular complexity index is 3860. The molecule has 2 aliphatic rings. The number of hydrogen-bond donors (Lipinski definition) is 0. The van der Waals surface area contributed by atoms with Gasteiger partial charge in [-0.05, 0) is 94.0 Å². The van der Waals surface area contributed by atoms with Gasteiger partial charge in [0.05, 0.1) is 75.3 Å². The molecule has 0 bridgehead atoms. The molecular weight excluding hydrogens is 978 g/mol. The van der Waals surface area contributed by atoms with Crippen LogP contribution in [0.25, 0.3) is 88.6 Å². The first-order valence-electron chi connectivity index (χ1n) is 26.5. The molecular formula is C58H66ClN13O4. The highest BCUT2D eigenvalue weighted by molar-refractivity contribution is 6.05. The number of pyridine rings is 4. The van der Waals surface area contributed by atoms with Crippen LogP contribution in [0.5, 0.6) is 0 Å². The number of imidazole rings is 2. The van der Waals surface area contributed by atoms with Crippen molar-refractivity contribution in [1.82, 2.24) is 62.7 Å². The van der Waals surface area contributed by atoms with E-state index in [0.717, 1.165) is 114 Å². The van der Waals surface area contributed by atoms with E-state index in [1.165, 1.54) is 19.3 Å².